The van der Waals surface area contributed by atoms with Gasteiger partial charge in [0.05, 0.1) is 18.1 Å². The molecule has 1 fully saturated rings. The molecule has 0 bridgehead atoms. The third-order valence-electron chi connectivity index (χ3n) is 5.65. The van der Waals surface area contributed by atoms with E-state index in [9.17, 15) is 4.79 Å². The smallest absolute Gasteiger partial charge is 0.254 e. The molecule has 1 amide bonds. The topological polar surface area (TPSA) is 76.7 Å². The Labute approximate surface area is 168 Å². The number of aromatic amines is 1. The highest BCUT2D eigenvalue weighted by Crippen LogP contribution is 2.41. The lowest BCUT2D eigenvalue weighted by Gasteiger charge is -2.31. The van der Waals surface area contributed by atoms with Crippen LogP contribution in [0.2, 0.25) is 0 Å². The molecule has 2 aliphatic rings. The number of carbonyl (C=O) groups excluding carboxylic acids is 1. The Morgan fingerprint density at radius 1 is 1.17 bits per heavy atom. The first kappa shape index (κ1) is 17.8. The molecule has 1 saturated heterocycles. The minimum Gasteiger partial charge on any atom is -0.493 e. The van der Waals surface area contributed by atoms with Crippen LogP contribution in [0.15, 0.2) is 36.4 Å². The summed E-state index contributed by atoms with van der Waals surface area (Å²) < 4.78 is 16.7. The summed E-state index contributed by atoms with van der Waals surface area (Å²) in [6.45, 7) is 2.33. The van der Waals surface area contributed by atoms with Gasteiger partial charge in [0.1, 0.15) is 19.0 Å². The molecular formula is C22H23N3O4. The summed E-state index contributed by atoms with van der Waals surface area (Å²) in [6, 6.07) is 11.6. The van der Waals surface area contributed by atoms with Crippen LogP contribution in [0.5, 0.6) is 17.2 Å². The zero-order valence-electron chi connectivity index (χ0n) is 16.3. The van der Waals surface area contributed by atoms with Crippen LogP contribution >= 0.6 is 0 Å². The molecule has 1 N–H and O–H groups in total. The van der Waals surface area contributed by atoms with Crippen LogP contribution in [0.4, 0.5) is 0 Å². The van der Waals surface area contributed by atoms with Crippen LogP contribution in [-0.2, 0) is 0 Å². The van der Waals surface area contributed by atoms with E-state index in [0.717, 1.165) is 29.7 Å². The van der Waals surface area contributed by atoms with Crippen molar-refractivity contribution in [3.63, 3.8) is 0 Å². The van der Waals surface area contributed by atoms with Crippen LogP contribution in [0.25, 0.3) is 11.0 Å². The van der Waals surface area contributed by atoms with Gasteiger partial charge in [-0.25, -0.2) is 4.98 Å². The van der Waals surface area contributed by atoms with Gasteiger partial charge in [-0.15, -0.1) is 0 Å². The number of likely N-dealkylation sites (tertiary alicyclic amines) is 1. The Balaban J connectivity index is 1.31. The quantitative estimate of drug-likeness (QED) is 0.738. The van der Waals surface area contributed by atoms with Gasteiger partial charge >= 0.3 is 0 Å². The number of nitrogens with one attached hydrogen (secondary N) is 1. The normalized spacial score (nSPS) is 16.8. The predicted molar refractivity (Wildman–Crippen MR) is 108 cm³/mol. The molecule has 5 rings (SSSR count). The molecule has 1 aromatic heterocycles. The molecule has 2 aromatic carbocycles. The summed E-state index contributed by atoms with van der Waals surface area (Å²) >= 11 is 0. The van der Waals surface area contributed by atoms with Gasteiger partial charge in [0, 0.05) is 24.6 Å². The summed E-state index contributed by atoms with van der Waals surface area (Å²) in [5, 5.41) is 0. The number of methoxy groups -OCH3 is 1. The summed E-state index contributed by atoms with van der Waals surface area (Å²) in [7, 11) is 1.57. The van der Waals surface area contributed by atoms with Crippen molar-refractivity contribution in [1.29, 1.82) is 0 Å². The van der Waals surface area contributed by atoms with E-state index >= 15 is 0 Å². The van der Waals surface area contributed by atoms with Gasteiger partial charge in [0.15, 0.2) is 11.5 Å². The largest absolute Gasteiger partial charge is 0.493 e. The Hall–Kier alpha value is -3.22. The summed E-state index contributed by atoms with van der Waals surface area (Å²) in [5.74, 6) is 3.00. The molecule has 7 nitrogen and oxygen atoms in total. The summed E-state index contributed by atoms with van der Waals surface area (Å²) in [6.07, 6.45) is 1.76. The number of amides is 1. The number of para-hydroxylation sites is 2. The molecule has 29 heavy (non-hydrogen) atoms. The molecule has 7 heteroatoms. The van der Waals surface area contributed by atoms with Crippen molar-refractivity contribution in [2.75, 3.05) is 33.4 Å². The van der Waals surface area contributed by atoms with Crippen LogP contribution < -0.4 is 14.2 Å². The van der Waals surface area contributed by atoms with E-state index < -0.39 is 0 Å². The highest BCUT2D eigenvalue weighted by molar-refractivity contribution is 5.95. The predicted octanol–water partition coefficient (Wildman–Crippen LogP) is 3.36. The summed E-state index contributed by atoms with van der Waals surface area (Å²) in [5.41, 5.74) is 2.61. The molecule has 0 saturated carbocycles. The maximum absolute atomic E-state index is 13.1. The second-order valence-electron chi connectivity index (χ2n) is 7.41. The van der Waals surface area contributed by atoms with E-state index in [1.54, 1.807) is 19.2 Å². The monoisotopic (exact) mass is 393 g/mol. The van der Waals surface area contributed by atoms with Crippen molar-refractivity contribution in [2.24, 2.45) is 0 Å². The fourth-order valence-electron chi connectivity index (χ4n) is 4.10. The van der Waals surface area contributed by atoms with Crippen molar-refractivity contribution < 1.29 is 19.0 Å². The number of carbonyl (C=O) groups is 1. The number of nitrogens with zero attached hydrogens (tertiary/aromatic N) is 2. The number of hydrogen-bond donors (Lipinski definition) is 1. The minimum atomic E-state index is -0.0108. The first-order valence-corrected chi connectivity index (χ1v) is 9.94. The van der Waals surface area contributed by atoms with Gasteiger partial charge in [0.2, 0.25) is 5.75 Å². The van der Waals surface area contributed by atoms with Crippen LogP contribution in [0, 0.1) is 0 Å². The number of fused-ring (bicyclic) bond motifs is 2. The van der Waals surface area contributed by atoms with Crippen molar-refractivity contribution in [1.82, 2.24) is 14.9 Å². The number of hydrogen-bond acceptors (Lipinski definition) is 5. The lowest BCUT2D eigenvalue weighted by Crippen LogP contribution is -2.38. The zero-order chi connectivity index (χ0) is 19.8. The number of piperidine rings is 1. The number of imidazole rings is 1. The van der Waals surface area contributed by atoms with E-state index in [1.165, 1.54) is 0 Å². The van der Waals surface area contributed by atoms with Gasteiger partial charge in [0.25, 0.3) is 5.91 Å². The van der Waals surface area contributed by atoms with E-state index in [2.05, 4.69) is 4.98 Å². The fourth-order valence-corrected chi connectivity index (χ4v) is 4.10. The van der Waals surface area contributed by atoms with Gasteiger partial charge in [-0.3, -0.25) is 4.79 Å². The first-order valence-electron chi connectivity index (χ1n) is 9.94. The van der Waals surface area contributed by atoms with Crippen molar-refractivity contribution in [3.05, 3.63) is 47.8 Å². The lowest BCUT2D eigenvalue weighted by atomic mass is 9.95. The van der Waals surface area contributed by atoms with E-state index in [-0.39, 0.29) is 5.91 Å². The Bertz CT molecular complexity index is 1000. The van der Waals surface area contributed by atoms with Gasteiger partial charge < -0.3 is 24.1 Å². The number of rotatable bonds is 3. The third kappa shape index (κ3) is 3.26. The second-order valence-corrected chi connectivity index (χ2v) is 7.41. The fraction of sp³-hybridized carbons (Fsp3) is 0.364. The van der Waals surface area contributed by atoms with Crippen LogP contribution in [0.3, 0.4) is 0 Å². The van der Waals surface area contributed by atoms with Crippen molar-refractivity contribution in [2.45, 2.75) is 18.8 Å². The molecule has 3 heterocycles. The molecule has 0 aliphatic carbocycles. The molecule has 0 radical (unpaired) electrons. The molecule has 2 aliphatic heterocycles. The van der Waals surface area contributed by atoms with Gasteiger partial charge in [-0.05, 0) is 37.1 Å². The average molecular weight is 393 g/mol. The minimum absolute atomic E-state index is 0.0108. The standard InChI is InChI=1S/C22H23N3O4/c1-27-18-12-15(13-19-20(18)29-11-10-28-19)22(26)25-8-6-14(7-9-25)21-23-16-4-2-3-5-17(16)24-21/h2-5,12-14H,6-11H2,1H3,(H,23,24). The highest BCUT2D eigenvalue weighted by atomic mass is 16.6. The van der Waals surface area contributed by atoms with Crippen molar-refractivity contribution >= 4 is 16.9 Å². The molecule has 3 aromatic rings. The average Bonchev–Trinajstić information content (AvgIpc) is 3.22. The maximum atomic E-state index is 13.1. The molecular weight excluding hydrogens is 370 g/mol. The number of ether oxygens (including phenoxy) is 3. The van der Waals surface area contributed by atoms with E-state index in [4.69, 9.17) is 19.2 Å². The van der Waals surface area contributed by atoms with E-state index in [0.29, 0.717) is 55.0 Å². The lowest BCUT2D eigenvalue weighted by molar-refractivity contribution is 0.0709. The zero-order valence-corrected chi connectivity index (χ0v) is 16.3. The first-order chi connectivity index (χ1) is 14.2. The number of benzene rings is 2. The highest BCUT2D eigenvalue weighted by Gasteiger charge is 2.28. The Morgan fingerprint density at radius 3 is 2.76 bits per heavy atom. The van der Waals surface area contributed by atoms with Crippen LogP contribution in [-0.4, -0.2) is 54.2 Å². The Morgan fingerprint density at radius 2 is 1.97 bits per heavy atom. The summed E-state index contributed by atoms with van der Waals surface area (Å²) in [4.78, 5) is 23.1. The van der Waals surface area contributed by atoms with Gasteiger partial charge in [-0.2, -0.15) is 0 Å². The van der Waals surface area contributed by atoms with Crippen molar-refractivity contribution in [3.8, 4) is 17.2 Å². The SMILES string of the molecule is COc1cc(C(=O)N2CCC(c3nc4ccccc4[nH]3)CC2)cc2c1OCCO2. The number of aromatic nitrogens is 2. The van der Waals surface area contributed by atoms with Crippen LogP contribution in [0.1, 0.15) is 34.9 Å². The second kappa shape index (κ2) is 7.31. The van der Waals surface area contributed by atoms with E-state index in [1.807, 2.05) is 29.2 Å². The van der Waals surface area contributed by atoms with Gasteiger partial charge in [-0.1, -0.05) is 12.1 Å². The third-order valence-corrected chi connectivity index (χ3v) is 5.65. The number of H-pyrrole nitrogens is 1. The molecule has 150 valence electrons. The molecule has 0 atom stereocenters. The molecule has 0 spiro atoms. The maximum Gasteiger partial charge on any atom is 0.254 e. The molecule has 0 unspecified atom stereocenters. The Kier molecular flexibility index (Phi) is 4.50.